The van der Waals surface area contributed by atoms with Crippen LogP contribution >= 0.6 is 0 Å². The monoisotopic (exact) mass is 477 g/mol. The van der Waals surface area contributed by atoms with Crippen molar-refractivity contribution in [1.29, 1.82) is 0 Å². The summed E-state index contributed by atoms with van der Waals surface area (Å²) in [6, 6.07) is 11.5. The Labute approximate surface area is 189 Å². The number of benzene rings is 2. The van der Waals surface area contributed by atoms with Crippen LogP contribution in [-0.2, 0) is 31.3 Å². The molecule has 1 amide bonds. The van der Waals surface area contributed by atoms with Crippen molar-refractivity contribution >= 4 is 31.6 Å². The molecular weight excluding hydrogens is 450 g/mol. The summed E-state index contributed by atoms with van der Waals surface area (Å²) in [4.78, 5) is 14.2. The van der Waals surface area contributed by atoms with E-state index in [0.717, 1.165) is 16.8 Å². The highest BCUT2D eigenvalue weighted by Crippen LogP contribution is 2.32. The van der Waals surface area contributed by atoms with E-state index in [0.29, 0.717) is 19.4 Å². The largest absolute Gasteiger partial charge is 0.312 e. The molecule has 172 valence electrons. The zero-order valence-corrected chi connectivity index (χ0v) is 19.8. The van der Waals surface area contributed by atoms with Crippen molar-refractivity contribution in [2.75, 3.05) is 37.6 Å². The summed E-state index contributed by atoms with van der Waals surface area (Å²) in [5.74, 6) is 0.0188. The van der Waals surface area contributed by atoms with Crippen LogP contribution in [0.3, 0.4) is 0 Å². The quantitative estimate of drug-likeness (QED) is 0.656. The number of amides is 1. The number of hydrogen-bond acceptors (Lipinski definition) is 5. The Balaban J connectivity index is 1.49. The predicted octanol–water partition coefficient (Wildman–Crippen LogP) is 1.99. The van der Waals surface area contributed by atoms with Gasteiger partial charge in [0.2, 0.25) is 26.0 Å². The normalized spacial score (nSPS) is 18.0. The molecule has 4 rings (SSSR count). The minimum Gasteiger partial charge on any atom is -0.312 e. The van der Waals surface area contributed by atoms with Gasteiger partial charge in [-0.15, -0.1) is 0 Å². The Morgan fingerprint density at radius 3 is 1.91 bits per heavy atom. The van der Waals surface area contributed by atoms with Gasteiger partial charge in [0.25, 0.3) is 0 Å². The number of fused-ring (bicyclic) bond motifs is 1. The number of carbonyl (C=O) groups excluding carboxylic acids is 1. The second-order valence-corrected chi connectivity index (χ2v) is 11.9. The number of piperazine rings is 1. The van der Waals surface area contributed by atoms with Crippen LogP contribution in [0.1, 0.15) is 24.5 Å². The average molecular weight is 478 g/mol. The predicted molar refractivity (Wildman–Crippen MR) is 121 cm³/mol. The summed E-state index contributed by atoms with van der Waals surface area (Å²) in [7, 11) is -7.42. The van der Waals surface area contributed by atoms with Crippen LogP contribution in [0.25, 0.3) is 0 Å². The first-order valence-corrected chi connectivity index (χ1v) is 13.5. The SMILES string of the molecule is CCC(=O)N1CCc2cc(S(=O)(=O)N3CCN(S(=O)(=O)c4ccc(C)cc4)CC3)ccc21. The van der Waals surface area contributed by atoms with Gasteiger partial charge in [-0.25, -0.2) is 16.8 Å². The van der Waals surface area contributed by atoms with Gasteiger partial charge in [-0.2, -0.15) is 8.61 Å². The summed E-state index contributed by atoms with van der Waals surface area (Å²) in [6.45, 7) is 4.62. The topological polar surface area (TPSA) is 95.1 Å². The molecule has 0 aromatic heterocycles. The first-order chi connectivity index (χ1) is 15.1. The molecule has 1 fully saturated rings. The summed E-state index contributed by atoms with van der Waals surface area (Å²) in [6.07, 6.45) is 1.02. The maximum absolute atomic E-state index is 13.2. The van der Waals surface area contributed by atoms with E-state index in [1.165, 1.54) is 14.7 Å². The molecule has 2 aliphatic heterocycles. The lowest BCUT2D eigenvalue weighted by atomic mass is 10.2. The van der Waals surface area contributed by atoms with Crippen LogP contribution in [0.15, 0.2) is 52.3 Å². The highest BCUT2D eigenvalue weighted by molar-refractivity contribution is 7.89. The Hall–Kier alpha value is -2.27. The van der Waals surface area contributed by atoms with E-state index in [-0.39, 0.29) is 41.9 Å². The number of anilines is 1. The van der Waals surface area contributed by atoms with Gasteiger partial charge >= 0.3 is 0 Å². The fourth-order valence-electron chi connectivity index (χ4n) is 4.15. The number of hydrogen-bond donors (Lipinski definition) is 0. The zero-order valence-electron chi connectivity index (χ0n) is 18.2. The summed E-state index contributed by atoms with van der Waals surface area (Å²) in [5, 5.41) is 0. The highest BCUT2D eigenvalue weighted by Gasteiger charge is 2.34. The molecule has 2 heterocycles. The molecule has 0 radical (unpaired) electrons. The summed E-state index contributed by atoms with van der Waals surface area (Å²) in [5.41, 5.74) is 2.58. The van der Waals surface area contributed by atoms with E-state index >= 15 is 0 Å². The molecule has 0 bridgehead atoms. The van der Waals surface area contributed by atoms with E-state index in [1.54, 1.807) is 48.2 Å². The number of aryl methyl sites for hydroxylation is 1. The standard InChI is InChI=1S/C22H27N3O5S2/c1-3-22(26)25-11-10-18-16-20(8-9-21(18)25)32(29,30)24-14-12-23(13-15-24)31(27,28)19-6-4-17(2)5-7-19/h4-9,16H,3,10-15H2,1-2H3. The molecule has 0 N–H and O–H groups in total. The highest BCUT2D eigenvalue weighted by atomic mass is 32.2. The first kappa shape index (κ1) is 22.9. The van der Waals surface area contributed by atoms with Gasteiger partial charge in [0.05, 0.1) is 9.79 Å². The molecular formula is C22H27N3O5S2. The molecule has 10 heteroatoms. The zero-order chi connectivity index (χ0) is 23.1. The van der Waals surface area contributed by atoms with E-state index < -0.39 is 20.0 Å². The maximum Gasteiger partial charge on any atom is 0.243 e. The van der Waals surface area contributed by atoms with E-state index in [9.17, 15) is 21.6 Å². The van der Waals surface area contributed by atoms with Crippen molar-refractivity contribution in [2.45, 2.75) is 36.5 Å². The molecule has 8 nitrogen and oxygen atoms in total. The minimum absolute atomic E-state index is 0.0188. The van der Waals surface area contributed by atoms with Gasteiger partial charge in [-0.1, -0.05) is 24.6 Å². The second-order valence-electron chi connectivity index (χ2n) is 8.06. The number of nitrogens with zero attached hydrogens (tertiary/aromatic N) is 3. The third kappa shape index (κ3) is 4.07. The summed E-state index contributed by atoms with van der Waals surface area (Å²) >= 11 is 0. The van der Waals surface area contributed by atoms with E-state index in [1.807, 2.05) is 6.92 Å². The van der Waals surface area contributed by atoms with Crippen molar-refractivity contribution in [3.05, 3.63) is 53.6 Å². The van der Waals surface area contributed by atoms with Crippen molar-refractivity contribution in [3.63, 3.8) is 0 Å². The maximum atomic E-state index is 13.2. The Bertz CT molecular complexity index is 1230. The minimum atomic E-state index is -3.76. The van der Waals surface area contributed by atoms with Crippen molar-refractivity contribution < 1.29 is 21.6 Å². The van der Waals surface area contributed by atoms with Crippen molar-refractivity contribution in [1.82, 2.24) is 8.61 Å². The fourth-order valence-corrected chi connectivity index (χ4v) is 7.04. The van der Waals surface area contributed by atoms with Crippen LogP contribution in [0, 0.1) is 6.92 Å². The molecule has 0 atom stereocenters. The molecule has 2 aromatic carbocycles. The lowest BCUT2D eigenvalue weighted by Gasteiger charge is -2.33. The molecule has 32 heavy (non-hydrogen) atoms. The average Bonchev–Trinajstić information content (AvgIpc) is 3.22. The fraction of sp³-hybridized carbons (Fsp3) is 0.409. The van der Waals surface area contributed by atoms with Gasteiger partial charge in [0.1, 0.15) is 0 Å². The molecule has 0 saturated carbocycles. The van der Waals surface area contributed by atoms with Gasteiger partial charge < -0.3 is 4.90 Å². The number of sulfonamides is 2. The molecule has 2 aliphatic rings. The van der Waals surface area contributed by atoms with Crippen molar-refractivity contribution in [3.8, 4) is 0 Å². The Morgan fingerprint density at radius 2 is 1.34 bits per heavy atom. The number of rotatable bonds is 5. The van der Waals surface area contributed by atoms with E-state index in [4.69, 9.17) is 0 Å². The van der Waals surface area contributed by atoms with Gasteiger partial charge in [0.15, 0.2) is 0 Å². The van der Waals surface area contributed by atoms with Crippen LogP contribution in [0.2, 0.25) is 0 Å². The molecule has 0 aliphatic carbocycles. The molecule has 0 unspecified atom stereocenters. The Kier molecular flexibility index (Phi) is 6.15. The van der Waals surface area contributed by atoms with Crippen LogP contribution < -0.4 is 4.90 Å². The first-order valence-electron chi connectivity index (χ1n) is 10.6. The molecule has 2 aromatic rings. The van der Waals surface area contributed by atoms with Gasteiger partial charge in [-0.3, -0.25) is 4.79 Å². The molecule has 1 saturated heterocycles. The summed E-state index contributed by atoms with van der Waals surface area (Å²) < 4.78 is 54.8. The smallest absolute Gasteiger partial charge is 0.243 e. The van der Waals surface area contributed by atoms with Crippen LogP contribution in [-0.4, -0.2) is 64.1 Å². The third-order valence-corrected chi connectivity index (χ3v) is 9.85. The molecule has 0 spiro atoms. The van der Waals surface area contributed by atoms with Crippen molar-refractivity contribution in [2.24, 2.45) is 0 Å². The lowest BCUT2D eigenvalue weighted by molar-refractivity contribution is -0.118. The van der Waals surface area contributed by atoms with E-state index in [2.05, 4.69) is 0 Å². The van der Waals surface area contributed by atoms with Crippen LogP contribution in [0.4, 0.5) is 5.69 Å². The van der Waals surface area contributed by atoms with Gasteiger partial charge in [-0.05, 0) is 49.2 Å². The van der Waals surface area contributed by atoms with Gasteiger partial charge in [0, 0.05) is 44.8 Å². The Morgan fingerprint density at radius 1 is 0.812 bits per heavy atom. The number of carbonyl (C=O) groups is 1. The van der Waals surface area contributed by atoms with Crippen LogP contribution in [0.5, 0.6) is 0 Å². The third-order valence-electron chi connectivity index (χ3n) is 6.04. The lowest BCUT2D eigenvalue weighted by Crippen LogP contribution is -2.50. The second kappa shape index (κ2) is 8.58.